The number of imide groups is 1. The van der Waals surface area contributed by atoms with Crippen molar-refractivity contribution < 1.29 is 14.0 Å². The molecule has 0 spiro atoms. The Morgan fingerprint density at radius 2 is 1.53 bits per heavy atom. The first-order valence-corrected chi connectivity index (χ1v) is 10.5. The highest BCUT2D eigenvalue weighted by Gasteiger charge is 2.40. The Hall–Kier alpha value is -3.57. The van der Waals surface area contributed by atoms with Gasteiger partial charge in [-0.2, -0.15) is 0 Å². The standard InChI is InChI=1S/C25H17NO3S/c27-24-22(18-9-2-1-3-10-18)23(30-16-19-12-7-15-29-19)25(28)26(24)21-14-6-11-17-8-4-5-13-20(17)21/h1-15H,16H2. The summed E-state index contributed by atoms with van der Waals surface area (Å²) in [4.78, 5) is 28.8. The first-order chi connectivity index (χ1) is 14.7. The van der Waals surface area contributed by atoms with Crippen LogP contribution >= 0.6 is 11.8 Å². The van der Waals surface area contributed by atoms with E-state index in [4.69, 9.17) is 4.42 Å². The third-order valence-electron chi connectivity index (χ3n) is 5.05. The quantitative estimate of drug-likeness (QED) is 0.398. The maximum absolute atomic E-state index is 13.5. The van der Waals surface area contributed by atoms with Gasteiger partial charge in [-0.1, -0.05) is 66.7 Å². The number of benzene rings is 3. The molecule has 0 atom stereocenters. The summed E-state index contributed by atoms with van der Waals surface area (Å²) in [5, 5.41) is 1.85. The van der Waals surface area contributed by atoms with Gasteiger partial charge in [0.2, 0.25) is 0 Å². The molecule has 0 fully saturated rings. The number of hydrogen-bond donors (Lipinski definition) is 0. The van der Waals surface area contributed by atoms with E-state index in [-0.39, 0.29) is 11.8 Å². The summed E-state index contributed by atoms with van der Waals surface area (Å²) in [5.74, 6) is 0.626. The van der Waals surface area contributed by atoms with Gasteiger partial charge in [0, 0.05) is 5.39 Å². The van der Waals surface area contributed by atoms with E-state index < -0.39 is 0 Å². The molecule has 3 aromatic carbocycles. The smallest absolute Gasteiger partial charge is 0.272 e. The molecule has 146 valence electrons. The number of anilines is 1. The van der Waals surface area contributed by atoms with E-state index in [0.717, 1.165) is 22.1 Å². The number of rotatable bonds is 5. The molecule has 2 amide bonds. The normalized spacial score (nSPS) is 14.2. The van der Waals surface area contributed by atoms with Gasteiger partial charge >= 0.3 is 0 Å². The molecule has 5 rings (SSSR count). The molecular formula is C25H17NO3S. The van der Waals surface area contributed by atoms with Crippen LogP contribution in [0.2, 0.25) is 0 Å². The third kappa shape index (κ3) is 3.13. The molecule has 1 aromatic heterocycles. The van der Waals surface area contributed by atoms with E-state index in [0.29, 0.717) is 21.9 Å². The summed E-state index contributed by atoms with van der Waals surface area (Å²) in [6, 6.07) is 26.5. The highest BCUT2D eigenvalue weighted by Crippen LogP contribution is 2.41. The van der Waals surface area contributed by atoms with Crippen molar-refractivity contribution in [3.8, 4) is 0 Å². The molecule has 0 saturated heterocycles. The third-order valence-corrected chi connectivity index (χ3v) is 6.15. The summed E-state index contributed by atoms with van der Waals surface area (Å²) in [6.07, 6.45) is 1.60. The monoisotopic (exact) mass is 411 g/mol. The maximum atomic E-state index is 13.5. The van der Waals surface area contributed by atoms with Crippen LogP contribution in [0.1, 0.15) is 11.3 Å². The Morgan fingerprint density at radius 3 is 2.33 bits per heavy atom. The predicted octanol–water partition coefficient (Wildman–Crippen LogP) is 5.65. The first kappa shape index (κ1) is 18.5. The number of carbonyl (C=O) groups is 2. The second-order valence-electron chi connectivity index (χ2n) is 6.88. The van der Waals surface area contributed by atoms with E-state index in [1.807, 2.05) is 84.9 Å². The molecule has 4 nitrogen and oxygen atoms in total. The van der Waals surface area contributed by atoms with Crippen molar-refractivity contribution in [3.63, 3.8) is 0 Å². The number of nitrogens with zero attached hydrogens (tertiary/aromatic N) is 1. The van der Waals surface area contributed by atoms with Crippen LogP contribution in [0.4, 0.5) is 5.69 Å². The van der Waals surface area contributed by atoms with E-state index in [2.05, 4.69) is 0 Å². The zero-order valence-electron chi connectivity index (χ0n) is 15.9. The van der Waals surface area contributed by atoms with Crippen molar-refractivity contribution in [1.82, 2.24) is 0 Å². The summed E-state index contributed by atoms with van der Waals surface area (Å²) >= 11 is 1.33. The van der Waals surface area contributed by atoms with Crippen molar-refractivity contribution in [1.29, 1.82) is 0 Å². The molecule has 0 saturated carbocycles. The highest BCUT2D eigenvalue weighted by atomic mass is 32.2. The van der Waals surface area contributed by atoms with Gasteiger partial charge in [0.25, 0.3) is 11.8 Å². The lowest BCUT2D eigenvalue weighted by molar-refractivity contribution is -0.119. The number of carbonyl (C=O) groups excluding carboxylic acids is 2. The van der Waals surface area contributed by atoms with Gasteiger partial charge in [-0.25, -0.2) is 4.90 Å². The number of hydrogen-bond acceptors (Lipinski definition) is 4. The topological polar surface area (TPSA) is 50.5 Å². The van der Waals surface area contributed by atoms with Gasteiger partial charge in [0.1, 0.15) is 5.76 Å². The minimum atomic E-state index is -0.301. The molecule has 0 N–H and O–H groups in total. The zero-order chi connectivity index (χ0) is 20.5. The van der Waals surface area contributed by atoms with Crippen LogP contribution in [0.25, 0.3) is 16.3 Å². The van der Waals surface area contributed by atoms with Gasteiger partial charge in [-0.3, -0.25) is 9.59 Å². The maximum Gasteiger partial charge on any atom is 0.272 e. The Bertz CT molecular complexity index is 1270. The van der Waals surface area contributed by atoms with Crippen LogP contribution < -0.4 is 4.90 Å². The number of fused-ring (bicyclic) bond motifs is 1. The summed E-state index contributed by atoms with van der Waals surface area (Å²) < 4.78 is 5.41. The molecule has 0 aliphatic carbocycles. The fourth-order valence-corrected chi connectivity index (χ4v) is 4.68. The van der Waals surface area contributed by atoms with Crippen LogP contribution in [0.3, 0.4) is 0 Å². The van der Waals surface area contributed by atoms with E-state index in [9.17, 15) is 9.59 Å². The molecule has 0 unspecified atom stereocenters. The molecule has 2 heterocycles. The fraction of sp³-hybridized carbons (Fsp3) is 0.0400. The fourth-order valence-electron chi connectivity index (χ4n) is 3.66. The molecule has 0 bridgehead atoms. The lowest BCUT2D eigenvalue weighted by Gasteiger charge is -2.17. The molecule has 1 aliphatic heterocycles. The van der Waals surface area contributed by atoms with Crippen LogP contribution in [0, 0.1) is 0 Å². The van der Waals surface area contributed by atoms with E-state index in [1.165, 1.54) is 16.7 Å². The van der Waals surface area contributed by atoms with Crippen molar-refractivity contribution in [2.24, 2.45) is 0 Å². The molecule has 5 heteroatoms. The van der Waals surface area contributed by atoms with Crippen LogP contribution in [0.5, 0.6) is 0 Å². The first-order valence-electron chi connectivity index (χ1n) is 9.55. The largest absolute Gasteiger partial charge is 0.468 e. The van der Waals surface area contributed by atoms with Crippen molar-refractivity contribution >= 4 is 45.6 Å². The van der Waals surface area contributed by atoms with E-state index >= 15 is 0 Å². The average molecular weight is 411 g/mol. The Balaban J connectivity index is 1.61. The second kappa shape index (κ2) is 7.69. The van der Waals surface area contributed by atoms with Gasteiger partial charge in [0.15, 0.2) is 0 Å². The number of thioether (sulfide) groups is 1. The summed E-state index contributed by atoms with van der Waals surface area (Å²) in [6.45, 7) is 0. The van der Waals surface area contributed by atoms with Gasteiger partial charge < -0.3 is 4.42 Å². The minimum absolute atomic E-state index is 0.299. The predicted molar refractivity (Wildman–Crippen MR) is 120 cm³/mol. The molecular weight excluding hydrogens is 394 g/mol. The van der Waals surface area contributed by atoms with E-state index in [1.54, 1.807) is 6.26 Å². The molecule has 4 aromatic rings. The van der Waals surface area contributed by atoms with Crippen molar-refractivity contribution in [3.05, 3.63) is 107 Å². The minimum Gasteiger partial charge on any atom is -0.468 e. The second-order valence-corrected chi connectivity index (χ2v) is 7.87. The van der Waals surface area contributed by atoms with Crippen molar-refractivity contribution in [2.45, 2.75) is 5.75 Å². The molecule has 0 radical (unpaired) electrons. The lowest BCUT2D eigenvalue weighted by atomic mass is 10.1. The highest BCUT2D eigenvalue weighted by molar-refractivity contribution is 8.03. The summed E-state index contributed by atoms with van der Waals surface area (Å²) in [5.41, 5.74) is 1.77. The van der Waals surface area contributed by atoms with Gasteiger partial charge in [-0.15, -0.1) is 11.8 Å². The number of amides is 2. The molecule has 30 heavy (non-hydrogen) atoms. The van der Waals surface area contributed by atoms with Gasteiger partial charge in [-0.05, 0) is 29.1 Å². The lowest BCUT2D eigenvalue weighted by Crippen LogP contribution is -2.31. The number of furan rings is 1. The van der Waals surface area contributed by atoms with Crippen LogP contribution in [0.15, 0.2) is 101 Å². The van der Waals surface area contributed by atoms with Crippen molar-refractivity contribution in [2.75, 3.05) is 4.90 Å². The Kier molecular flexibility index (Phi) is 4.73. The van der Waals surface area contributed by atoms with Crippen LogP contribution in [-0.2, 0) is 15.3 Å². The average Bonchev–Trinajstić information content (AvgIpc) is 3.38. The Morgan fingerprint density at radius 1 is 0.767 bits per heavy atom. The Labute approximate surface area is 177 Å². The van der Waals surface area contributed by atoms with Crippen LogP contribution in [-0.4, -0.2) is 11.8 Å². The summed E-state index contributed by atoms with van der Waals surface area (Å²) in [7, 11) is 0. The zero-order valence-corrected chi connectivity index (χ0v) is 16.8. The SMILES string of the molecule is O=C1C(SCc2ccco2)=C(c2ccccc2)C(=O)N1c1cccc2ccccc12. The molecule has 1 aliphatic rings. The van der Waals surface area contributed by atoms with Gasteiger partial charge in [0.05, 0.1) is 28.2 Å².